The van der Waals surface area contributed by atoms with Crippen LogP contribution in [0.3, 0.4) is 0 Å². The standard InChI is InChI=1S/C13H18N2O3/c1-8-5-9(2)14-12(17)11(8)13(18)15-4-3-10(6-15)7-16/h5,10,16H,3-4,6-7H2,1-2H3,(H,14,17). The fraction of sp³-hybridized carbons (Fsp3) is 0.538. The zero-order valence-electron chi connectivity index (χ0n) is 10.7. The molecule has 5 nitrogen and oxygen atoms in total. The molecular weight excluding hydrogens is 232 g/mol. The number of aliphatic hydroxyl groups is 1. The lowest BCUT2D eigenvalue weighted by Crippen LogP contribution is -2.34. The molecule has 0 radical (unpaired) electrons. The van der Waals surface area contributed by atoms with Crippen molar-refractivity contribution in [2.45, 2.75) is 20.3 Å². The van der Waals surface area contributed by atoms with Gasteiger partial charge in [0.25, 0.3) is 11.5 Å². The van der Waals surface area contributed by atoms with Gasteiger partial charge < -0.3 is 15.0 Å². The second-order valence-electron chi connectivity index (χ2n) is 4.93. The molecule has 1 aliphatic rings. The predicted molar refractivity (Wildman–Crippen MR) is 67.6 cm³/mol. The third-order valence-electron chi connectivity index (χ3n) is 3.41. The molecule has 98 valence electrons. The third kappa shape index (κ3) is 2.31. The first kappa shape index (κ1) is 12.8. The molecule has 1 fully saturated rings. The molecule has 1 amide bonds. The summed E-state index contributed by atoms with van der Waals surface area (Å²) in [6.45, 7) is 4.79. The normalized spacial score (nSPS) is 19.3. The first-order chi connectivity index (χ1) is 8.52. The fourth-order valence-corrected chi connectivity index (χ4v) is 2.44. The van der Waals surface area contributed by atoms with Crippen molar-refractivity contribution in [3.8, 4) is 0 Å². The van der Waals surface area contributed by atoms with Crippen LogP contribution in [0.5, 0.6) is 0 Å². The molecule has 1 aromatic heterocycles. The second kappa shape index (κ2) is 4.94. The molecule has 0 aromatic carbocycles. The Kier molecular flexibility index (Phi) is 3.52. The SMILES string of the molecule is Cc1cc(C)c(C(=O)N2CCC(CO)C2)c(=O)[nH]1. The first-order valence-electron chi connectivity index (χ1n) is 6.13. The average molecular weight is 250 g/mol. The highest BCUT2D eigenvalue weighted by molar-refractivity contribution is 5.95. The molecular formula is C13H18N2O3. The number of aromatic amines is 1. The topological polar surface area (TPSA) is 73.4 Å². The number of rotatable bonds is 2. The maximum Gasteiger partial charge on any atom is 0.261 e. The van der Waals surface area contributed by atoms with Gasteiger partial charge in [0.05, 0.1) is 0 Å². The number of amides is 1. The van der Waals surface area contributed by atoms with Crippen molar-refractivity contribution in [1.29, 1.82) is 0 Å². The van der Waals surface area contributed by atoms with Crippen molar-refractivity contribution in [3.05, 3.63) is 33.2 Å². The minimum atomic E-state index is -0.329. The van der Waals surface area contributed by atoms with E-state index in [1.54, 1.807) is 24.8 Å². The van der Waals surface area contributed by atoms with E-state index in [2.05, 4.69) is 4.98 Å². The minimum absolute atomic E-state index is 0.0903. The van der Waals surface area contributed by atoms with E-state index in [0.29, 0.717) is 18.7 Å². The average Bonchev–Trinajstić information content (AvgIpc) is 2.75. The van der Waals surface area contributed by atoms with E-state index < -0.39 is 0 Å². The number of hydrogen-bond acceptors (Lipinski definition) is 3. The number of aliphatic hydroxyl groups excluding tert-OH is 1. The largest absolute Gasteiger partial charge is 0.396 e. The van der Waals surface area contributed by atoms with Crippen molar-refractivity contribution in [1.82, 2.24) is 9.88 Å². The van der Waals surface area contributed by atoms with Crippen LogP contribution in [0.25, 0.3) is 0 Å². The van der Waals surface area contributed by atoms with Gasteiger partial charge in [-0.2, -0.15) is 0 Å². The summed E-state index contributed by atoms with van der Waals surface area (Å²) >= 11 is 0. The number of nitrogens with one attached hydrogen (secondary N) is 1. The number of carbonyl (C=O) groups is 1. The Morgan fingerprint density at radius 1 is 1.56 bits per heavy atom. The molecule has 1 aromatic rings. The molecule has 2 heterocycles. The van der Waals surface area contributed by atoms with Gasteiger partial charge in [-0.25, -0.2) is 0 Å². The van der Waals surface area contributed by atoms with Gasteiger partial charge in [-0.05, 0) is 31.9 Å². The summed E-state index contributed by atoms with van der Waals surface area (Å²) in [5, 5.41) is 9.08. The Bertz CT molecular complexity index is 521. The molecule has 1 atom stereocenters. The summed E-state index contributed by atoms with van der Waals surface area (Å²) in [5.74, 6) is -0.0940. The molecule has 2 N–H and O–H groups in total. The van der Waals surface area contributed by atoms with E-state index in [1.807, 2.05) is 0 Å². The quantitative estimate of drug-likeness (QED) is 0.800. The van der Waals surface area contributed by atoms with E-state index in [0.717, 1.165) is 12.1 Å². The van der Waals surface area contributed by atoms with Crippen LogP contribution in [-0.4, -0.2) is 40.6 Å². The summed E-state index contributed by atoms with van der Waals surface area (Å²) in [4.78, 5) is 28.4. The van der Waals surface area contributed by atoms with Crippen LogP contribution in [-0.2, 0) is 0 Å². The number of carbonyl (C=O) groups excluding carboxylic acids is 1. The number of aryl methyl sites for hydroxylation is 2. The number of nitrogens with zero attached hydrogens (tertiary/aromatic N) is 1. The smallest absolute Gasteiger partial charge is 0.261 e. The van der Waals surface area contributed by atoms with Crippen molar-refractivity contribution >= 4 is 5.91 Å². The van der Waals surface area contributed by atoms with Crippen LogP contribution in [0.1, 0.15) is 28.0 Å². The van der Waals surface area contributed by atoms with Gasteiger partial charge in [0, 0.05) is 31.3 Å². The second-order valence-corrected chi connectivity index (χ2v) is 4.93. The van der Waals surface area contributed by atoms with Crippen LogP contribution in [0, 0.1) is 19.8 Å². The zero-order valence-corrected chi connectivity index (χ0v) is 10.7. The summed E-state index contributed by atoms with van der Waals surface area (Å²) in [7, 11) is 0. The van der Waals surface area contributed by atoms with E-state index in [4.69, 9.17) is 5.11 Å². The molecule has 18 heavy (non-hydrogen) atoms. The maximum absolute atomic E-state index is 12.3. The van der Waals surface area contributed by atoms with Gasteiger partial charge in [-0.1, -0.05) is 0 Å². The van der Waals surface area contributed by atoms with Gasteiger partial charge in [0.15, 0.2) is 0 Å². The van der Waals surface area contributed by atoms with E-state index in [9.17, 15) is 9.59 Å². The molecule has 0 bridgehead atoms. The predicted octanol–water partition coefficient (Wildman–Crippen LogP) is 0.446. The molecule has 0 saturated carbocycles. The van der Waals surface area contributed by atoms with Crippen molar-refractivity contribution in [3.63, 3.8) is 0 Å². The summed E-state index contributed by atoms with van der Waals surface area (Å²) in [6.07, 6.45) is 0.797. The Labute approximate surface area is 105 Å². The molecule has 1 aliphatic heterocycles. The number of aromatic nitrogens is 1. The lowest BCUT2D eigenvalue weighted by Gasteiger charge is -2.17. The number of H-pyrrole nitrogens is 1. The van der Waals surface area contributed by atoms with Gasteiger partial charge >= 0.3 is 0 Å². The van der Waals surface area contributed by atoms with Crippen LogP contribution < -0.4 is 5.56 Å². The molecule has 2 rings (SSSR count). The zero-order chi connectivity index (χ0) is 13.3. The first-order valence-corrected chi connectivity index (χ1v) is 6.13. The maximum atomic E-state index is 12.3. The van der Waals surface area contributed by atoms with Gasteiger partial charge in [-0.15, -0.1) is 0 Å². The Hall–Kier alpha value is -1.62. The lowest BCUT2D eigenvalue weighted by molar-refractivity contribution is 0.0779. The lowest BCUT2D eigenvalue weighted by atomic mass is 10.1. The number of hydrogen-bond donors (Lipinski definition) is 2. The monoisotopic (exact) mass is 250 g/mol. The van der Waals surface area contributed by atoms with Crippen molar-refractivity contribution in [2.24, 2.45) is 5.92 Å². The third-order valence-corrected chi connectivity index (χ3v) is 3.41. The Balaban J connectivity index is 2.28. The van der Waals surface area contributed by atoms with Crippen LogP contribution in [0.2, 0.25) is 0 Å². The highest BCUT2D eigenvalue weighted by Gasteiger charge is 2.28. The van der Waals surface area contributed by atoms with E-state index in [-0.39, 0.29) is 29.6 Å². The van der Waals surface area contributed by atoms with E-state index in [1.165, 1.54) is 0 Å². The highest BCUT2D eigenvalue weighted by atomic mass is 16.3. The Morgan fingerprint density at radius 2 is 2.28 bits per heavy atom. The Morgan fingerprint density at radius 3 is 2.83 bits per heavy atom. The summed E-state index contributed by atoms with van der Waals surface area (Å²) < 4.78 is 0. The molecule has 1 saturated heterocycles. The van der Waals surface area contributed by atoms with Crippen molar-refractivity contribution in [2.75, 3.05) is 19.7 Å². The highest BCUT2D eigenvalue weighted by Crippen LogP contribution is 2.18. The molecule has 1 unspecified atom stereocenters. The van der Waals surface area contributed by atoms with Crippen molar-refractivity contribution < 1.29 is 9.90 Å². The number of likely N-dealkylation sites (tertiary alicyclic amines) is 1. The van der Waals surface area contributed by atoms with Gasteiger partial charge in [-0.3, -0.25) is 9.59 Å². The molecule has 0 aliphatic carbocycles. The minimum Gasteiger partial charge on any atom is -0.396 e. The molecule has 5 heteroatoms. The van der Waals surface area contributed by atoms with Crippen LogP contribution >= 0.6 is 0 Å². The molecule has 0 spiro atoms. The fourth-order valence-electron chi connectivity index (χ4n) is 2.44. The van der Waals surface area contributed by atoms with Gasteiger partial charge in [0.1, 0.15) is 5.56 Å². The summed E-state index contributed by atoms with van der Waals surface area (Å²) in [6, 6.07) is 1.80. The van der Waals surface area contributed by atoms with Crippen LogP contribution in [0.4, 0.5) is 0 Å². The summed E-state index contributed by atoms with van der Waals surface area (Å²) in [5.41, 5.74) is 1.35. The number of pyridine rings is 1. The van der Waals surface area contributed by atoms with E-state index >= 15 is 0 Å². The van der Waals surface area contributed by atoms with Crippen LogP contribution in [0.15, 0.2) is 10.9 Å². The van der Waals surface area contributed by atoms with Gasteiger partial charge in [0.2, 0.25) is 0 Å².